The van der Waals surface area contributed by atoms with E-state index in [0.29, 0.717) is 25.9 Å². The van der Waals surface area contributed by atoms with Crippen molar-refractivity contribution in [3.8, 4) is 0 Å². The number of benzene rings is 1. The number of aromatic amines is 1. The molecule has 1 aromatic heterocycles. The van der Waals surface area contributed by atoms with Crippen LogP contribution >= 0.6 is 0 Å². The van der Waals surface area contributed by atoms with Crippen LogP contribution in [0.1, 0.15) is 45.1 Å². The molecule has 4 rings (SSSR count). The van der Waals surface area contributed by atoms with Gasteiger partial charge in [0, 0.05) is 43.0 Å². The van der Waals surface area contributed by atoms with Gasteiger partial charge in [0.15, 0.2) is 0 Å². The molecule has 2 saturated heterocycles. The fourth-order valence-electron chi connectivity index (χ4n) is 5.37. The van der Waals surface area contributed by atoms with Crippen LogP contribution in [0.15, 0.2) is 24.4 Å². The van der Waals surface area contributed by atoms with Gasteiger partial charge >= 0.3 is 0 Å². The second-order valence-corrected chi connectivity index (χ2v) is 9.07. The minimum atomic E-state index is -0.639. The van der Waals surface area contributed by atoms with Gasteiger partial charge in [-0.1, -0.05) is 6.92 Å². The minimum Gasteiger partial charge on any atom is -0.361 e. The molecular weight excluding hydrogens is 425 g/mol. The van der Waals surface area contributed by atoms with Gasteiger partial charge < -0.3 is 25.4 Å². The zero-order chi connectivity index (χ0) is 23.9. The second-order valence-electron chi connectivity index (χ2n) is 9.07. The van der Waals surface area contributed by atoms with Crippen LogP contribution in [0.3, 0.4) is 0 Å². The Labute approximate surface area is 192 Å². The summed E-state index contributed by atoms with van der Waals surface area (Å²) in [4.78, 5) is 45.3. The van der Waals surface area contributed by atoms with Crippen molar-refractivity contribution in [2.75, 3.05) is 20.1 Å². The van der Waals surface area contributed by atoms with E-state index in [1.54, 1.807) is 27.0 Å². The standard InChI is InChI=1S/C24H32FN5O3/c1-5-19(28-23(32)13(2)26-4)24(33)29-9-8-21-22(29)18(12-30(21)14(3)31)17-11-27-20-7-6-15(25)10-16(17)20/h6-7,10-11,13,18-19,21-22,26-27H,5,8-9,12H2,1-4H3,(H,28,32)/t13-,18+,19-,21+,22+/m0/s1. The summed E-state index contributed by atoms with van der Waals surface area (Å²) in [7, 11) is 1.70. The van der Waals surface area contributed by atoms with Crippen molar-refractivity contribution in [2.24, 2.45) is 0 Å². The van der Waals surface area contributed by atoms with Crippen LogP contribution in [-0.4, -0.2) is 76.8 Å². The lowest BCUT2D eigenvalue weighted by Gasteiger charge is -2.32. The molecule has 3 amide bonds. The van der Waals surface area contributed by atoms with Crippen molar-refractivity contribution in [1.82, 2.24) is 25.4 Å². The van der Waals surface area contributed by atoms with E-state index in [2.05, 4.69) is 15.6 Å². The average molecular weight is 458 g/mol. The Bertz CT molecular complexity index is 1070. The normalized spacial score (nSPS) is 24.1. The van der Waals surface area contributed by atoms with E-state index >= 15 is 0 Å². The average Bonchev–Trinajstić information content (AvgIpc) is 3.49. The molecule has 3 heterocycles. The maximum absolute atomic E-state index is 14.0. The number of likely N-dealkylation sites (N-methyl/N-ethyl adjacent to an activating group) is 1. The molecule has 33 heavy (non-hydrogen) atoms. The topological polar surface area (TPSA) is 97.5 Å². The molecule has 2 fully saturated rings. The molecule has 1 aromatic carbocycles. The van der Waals surface area contributed by atoms with Crippen LogP contribution in [0, 0.1) is 5.82 Å². The summed E-state index contributed by atoms with van der Waals surface area (Å²) in [6, 6.07) is 3.24. The molecule has 0 radical (unpaired) electrons. The van der Waals surface area contributed by atoms with E-state index < -0.39 is 12.1 Å². The van der Waals surface area contributed by atoms with Crippen LogP contribution in [0.4, 0.5) is 4.39 Å². The smallest absolute Gasteiger partial charge is 0.245 e. The van der Waals surface area contributed by atoms with Crippen molar-refractivity contribution in [3.05, 3.63) is 35.8 Å². The first-order chi connectivity index (χ1) is 15.8. The predicted octanol–water partition coefficient (Wildman–Crippen LogP) is 1.72. The summed E-state index contributed by atoms with van der Waals surface area (Å²) in [5.41, 5.74) is 1.73. The second kappa shape index (κ2) is 9.13. The highest BCUT2D eigenvalue weighted by Gasteiger charge is 2.52. The van der Waals surface area contributed by atoms with Crippen LogP contribution < -0.4 is 10.6 Å². The summed E-state index contributed by atoms with van der Waals surface area (Å²) in [5, 5.41) is 6.53. The highest BCUT2D eigenvalue weighted by molar-refractivity contribution is 5.90. The first kappa shape index (κ1) is 23.2. The molecule has 8 nitrogen and oxygen atoms in total. The Morgan fingerprint density at radius 1 is 1.27 bits per heavy atom. The lowest BCUT2D eigenvalue weighted by molar-refractivity contribution is -0.138. The van der Waals surface area contributed by atoms with E-state index in [-0.39, 0.29) is 41.5 Å². The Balaban J connectivity index is 1.66. The highest BCUT2D eigenvalue weighted by atomic mass is 19.1. The number of hydrogen-bond donors (Lipinski definition) is 3. The molecule has 3 N–H and O–H groups in total. The van der Waals surface area contributed by atoms with Crippen molar-refractivity contribution in [1.29, 1.82) is 0 Å². The number of likely N-dealkylation sites (tertiary alicyclic amines) is 2. The number of halogens is 1. The van der Waals surface area contributed by atoms with Gasteiger partial charge in [0.05, 0.1) is 18.1 Å². The fourth-order valence-corrected chi connectivity index (χ4v) is 5.37. The van der Waals surface area contributed by atoms with Crippen LogP contribution in [0.25, 0.3) is 10.9 Å². The van der Waals surface area contributed by atoms with Crippen molar-refractivity contribution in [2.45, 2.75) is 63.7 Å². The highest BCUT2D eigenvalue weighted by Crippen LogP contribution is 2.43. The number of aromatic nitrogens is 1. The minimum absolute atomic E-state index is 0.0315. The van der Waals surface area contributed by atoms with Gasteiger partial charge in [-0.25, -0.2) is 4.39 Å². The lowest BCUT2D eigenvalue weighted by Crippen LogP contribution is -2.54. The van der Waals surface area contributed by atoms with Crippen molar-refractivity contribution >= 4 is 28.6 Å². The molecule has 9 heteroatoms. The molecule has 0 saturated carbocycles. The quantitative estimate of drug-likeness (QED) is 0.615. The summed E-state index contributed by atoms with van der Waals surface area (Å²) in [6.45, 7) is 6.15. The monoisotopic (exact) mass is 457 g/mol. The van der Waals surface area contributed by atoms with Gasteiger partial charge in [0.2, 0.25) is 17.7 Å². The van der Waals surface area contributed by atoms with Gasteiger partial charge in [-0.05, 0) is 50.6 Å². The van der Waals surface area contributed by atoms with E-state index in [0.717, 1.165) is 16.5 Å². The number of hydrogen-bond acceptors (Lipinski definition) is 4. The van der Waals surface area contributed by atoms with Gasteiger partial charge in [-0.3, -0.25) is 14.4 Å². The van der Waals surface area contributed by atoms with E-state index in [1.807, 2.05) is 22.9 Å². The van der Waals surface area contributed by atoms with Crippen LogP contribution in [0.5, 0.6) is 0 Å². The molecule has 5 atom stereocenters. The molecule has 0 aliphatic carbocycles. The molecule has 2 aliphatic heterocycles. The number of carbonyl (C=O) groups is 3. The summed E-state index contributed by atoms with van der Waals surface area (Å²) in [5.74, 6) is -0.869. The first-order valence-electron chi connectivity index (χ1n) is 11.6. The summed E-state index contributed by atoms with van der Waals surface area (Å²) >= 11 is 0. The van der Waals surface area contributed by atoms with E-state index in [4.69, 9.17) is 0 Å². The molecule has 0 unspecified atom stereocenters. The van der Waals surface area contributed by atoms with Gasteiger partial charge in [0.1, 0.15) is 11.9 Å². The lowest BCUT2D eigenvalue weighted by atomic mass is 9.91. The van der Waals surface area contributed by atoms with Gasteiger partial charge in [-0.15, -0.1) is 0 Å². The SMILES string of the molecule is CC[C@H](NC(=O)[C@H](C)NC)C(=O)N1CC[C@@H]2[C@H]1[C@@H](c1c[nH]c3ccc(F)cc13)CN2C(C)=O. The van der Waals surface area contributed by atoms with Gasteiger partial charge in [0.25, 0.3) is 0 Å². The third kappa shape index (κ3) is 4.10. The number of nitrogens with one attached hydrogen (secondary N) is 3. The molecule has 0 bridgehead atoms. The van der Waals surface area contributed by atoms with Crippen LogP contribution in [-0.2, 0) is 14.4 Å². The van der Waals surface area contributed by atoms with E-state index in [9.17, 15) is 18.8 Å². The molecule has 0 spiro atoms. The number of rotatable bonds is 6. The molecular formula is C24H32FN5O3. The maximum Gasteiger partial charge on any atom is 0.245 e. The van der Waals surface area contributed by atoms with Gasteiger partial charge in [-0.2, -0.15) is 0 Å². The molecule has 2 aromatic rings. The molecule has 178 valence electrons. The predicted molar refractivity (Wildman–Crippen MR) is 123 cm³/mol. The Hall–Kier alpha value is -2.94. The zero-order valence-corrected chi connectivity index (χ0v) is 19.5. The number of amides is 3. The zero-order valence-electron chi connectivity index (χ0n) is 19.5. The summed E-state index contributed by atoms with van der Waals surface area (Å²) < 4.78 is 14.0. The number of H-pyrrole nitrogens is 1. The Morgan fingerprint density at radius 2 is 2.03 bits per heavy atom. The third-order valence-corrected chi connectivity index (χ3v) is 7.24. The maximum atomic E-state index is 14.0. The van der Waals surface area contributed by atoms with Crippen molar-refractivity contribution in [3.63, 3.8) is 0 Å². The van der Waals surface area contributed by atoms with Crippen LogP contribution in [0.2, 0.25) is 0 Å². The fraction of sp³-hybridized carbons (Fsp3) is 0.542. The number of fused-ring (bicyclic) bond motifs is 2. The largest absolute Gasteiger partial charge is 0.361 e. The summed E-state index contributed by atoms with van der Waals surface area (Å²) in [6.07, 6.45) is 3.01. The Kier molecular flexibility index (Phi) is 6.43. The van der Waals surface area contributed by atoms with E-state index in [1.165, 1.54) is 12.1 Å². The first-order valence-corrected chi connectivity index (χ1v) is 11.6. The number of carbonyl (C=O) groups excluding carboxylic acids is 3. The molecule has 2 aliphatic rings. The third-order valence-electron chi connectivity index (χ3n) is 7.24. The van der Waals surface area contributed by atoms with Crippen molar-refractivity contribution < 1.29 is 18.8 Å². The number of nitrogens with zero attached hydrogens (tertiary/aromatic N) is 2. The Morgan fingerprint density at radius 3 is 2.70 bits per heavy atom.